The summed E-state index contributed by atoms with van der Waals surface area (Å²) in [6, 6.07) is 10.6. The smallest absolute Gasteiger partial charge is 0.335 e. The van der Waals surface area contributed by atoms with Gasteiger partial charge in [-0.2, -0.15) is 4.31 Å². The number of hydrogen-bond acceptors (Lipinski definition) is 4. The van der Waals surface area contributed by atoms with E-state index in [1.54, 1.807) is 6.92 Å². The molecule has 8 heteroatoms. The molecule has 0 spiro atoms. The maximum Gasteiger partial charge on any atom is 0.335 e. The molecule has 2 aromatic rings. The van der Waals surface area contributed by atoms with Crippen LogP contribution in [0.1, 0.15) is 29.3 Å². The molecular formula is C19H20FNO5S. The van der Waals surface area contributed by atoms with Crippen molar-refractivity contribution in [1.29, 1.82) is 0 Å². The molecule has 2 N–H and O–H groups in total. The summed E-state index contributed by atoms with van der Waals surface area (Å²) in [6.07, 6.45) is 0.173. The third-order valence-electron chi connectivity index (χ3n) is 5.12. The minimum absolute atomic E-state index is 0.00615. The van der Waals surface area contributed by atoms with Gasteiger partial charge >= 0.3 is 5.97 Å². The summed E-state index contributed by atoms with van der Waals surface area (Å²) in [5.74, 6) is -1.94. The van der Waals surface area contributed by atoms with Crippen LogP contribution >= 0.6 is 0 Å². The predicted molar refractivity (Wildman–Crippen MR) is 96.2 cm³/mol. The molecule has 6 nitrogen and oxygen atoms in total. The van der Waals surface area contributed by atoms with Crippen molar-refractivity contribution in [2.45, 2.75) is 23.8 Å². The Bertz CT molecular complexity index is 943. The number of carboxylic acids is 1. The van der Waals surface area contributed by atoms with Crippen molar-refractivity contribution >= 4 is 16.0 Å². The van der Waals surface area contributed by atoms with Gasteiger partial charge in [0.2, 0.25) is 10.0 Å². The Morgan fingerprint density at radius 1 is 1.15 bits per heavy atom. The Balaban J connectivity index is 1.82. The van der Waals surface area contributed by atoms with Gasteiger partial charge in [0.1, 0.15) is 5.82 Å². The average Bonchev–Trinajstić information content (AvgIpc) is 2.64. The first-order chi connectivity index (χ1) is 12.6. The van der Waals surface area contributed by atoms with E-state index in [-0.39, 0.29) is 30.0 Å². The van der Waals surface area contributed by atoms with E-state index in [0.717, 1.165) is 0 Å². The summed E-state index contributed by atoms with van der Waals surface area (Å²) in [5, 5.41) is 20.0. The molecule has 1 heterocycles. The SMILES string of the molecule is CC1CN(S(=O)(=O)c2ccc(C(=O)O)cc2)CCC1(O)c1ccc(F)cc1. The van der Waals surface area contributed by atoms with Crippen LogP contribution in [0.2, 0.25) is 0 Å². The van der Waals surface area contributed by atoms with Crippen molar-refractivity contribution in [3.63, 3.8) is 0 Å². The fourth-order valence-electron chi connectivity index (χ4n) is 3.39. The summed E-state index contributed by atoms with van der Waals surface area (Å²) < 4.78 is 40.1. The van der Waals surface area contributed by atoms with Crippen molar-refractivity contribution in [3.05, 3.63) is 65.5 Å². The topological polar surface area (TPSA) is 94.9 Å². The first-order valence-corrected chi connectivity index (χ1v) is 9.90. The Morgan fingerprint density at radius 3 is 2.26 bits per heavy atom. The molecule has 0 aliphatic carbocycles. The van der Waals surface area contributed by atoms with Gasteiger partial charge in [-0.25, -0.2) is 17.6 Å². The molecule has 0 amide bonds. The first-order valence-electron chi connectivity index (χ1n) is 8.46. The van der Waals surface area contributed by atoms with Gasteiger partial charge in [0.05, 0.1) is 16.1 Å². The minimum atomic E-state index is -3.81. The zero-order chi connectivity index (χ0) is 19.8. The zero-order valence-corrected chi connectivity index (χ0v) is 15.5. The van der Waals surface area contributed by atoms with Gasteiger partial charge in [0, 0.05) is 19.0 Å². The molecule has 2 aromatic carbocycles. The van der Waals surface area contributed by atoms with Crippen molar-refractivity contribution in [2.75, 3.05) is 13.1 Å². The Morgan fingerprint density at radius 2 is 1.74 bits per heavy atom. The van der Waals surface area contributed by atoms with E-state index in [1.165, 1.54) is 52.8 Å². The molecule has 1 fully saturated rings. The molecule has 1 aliphatic heterocycles. The second kappa shape index (κ2) is 7.03. The van der Waals surface area contributed by atoms with E-state index in [4.69, 9.17) is 5.11 Å². The van der Waals surface area contributed by atoms with Gasteiger partial charge in [-0.15, -0.1) is 0 Å². The lowest BCUT2D eigenvalue weighted by Gasteiger charge is -2.43. The number of hydrogen-bond donors (Lipinski definition) is 2. The number of carbonyl (C=O) groups is 1. The standard InChI is InChI=1S/C19H20FNO5S/c1-13-12-21(11-10-19(13,24)15-4-6-16(20)7-5-15)27(25,26)17-8-2-14(3-9-17)18(22)23/h2-9,13,24H,10-12H2,1H3,(H,22,23). The lowest BCUT2D eigenvalue weighted by Crippen LogP contribution is -2.50. The second-order valence-electron chi connectivity index (χ2n) is 6.77. The summed E-state index contributed by atoms with van der Waals surface area (Å²) >= 11 is 0. The van der Waals surface area contributed by atoms with E-state index in [9.17, 15) is 22.7 Å². The quantitative estimate of drug-likeness (QED) is 0.832. The van der Waals surface area contributed by atoms with Gasteiger partial charge in [0.15, 0.2) is 0 Å². The molecule has 2 unspecified atom stereocenters. The minimum Gasteiger partial charge on any atom is -0.478 e. The van der Waals surface area contributed by atoms with Crippen LogP contribution in [0.4, 0.5) is 4.39 Å². The Labute approximate surface area is 156 Å². The summed E-state index contributed by atoms with van der Waals surface area (Å²) in [5.41, 5.74) is -0.682. The van der Waals surface area contributed by atoms with Crippen molar-refractivity contribution in [1.82, 2.24) is 4.31 Å². The Kier molecular flexibility index (Phi) is 5.07. The monoisotopic (exact) mass is 393 g/mol. The van der Waals surface area contributed by atoms with Crippen molar-refractivity contribution in [2.24, 2.45) is 5.92 Å². The number of piperidine rings is 1. The third-order valence-corrected chi connectivity index (χ3v) is 7.00. The largest absolute Gasteiger partial charge is 0.478 e. The highest BCUT2D eigenvalue weighted by molar-refractivity contribution is 7.89. The number of aliphatic hydroxyl groups is 1. The summed E-state index contributed by atoms with van der Waals surface area (Å²) in [4.78, 5) is 10.9. The molecule has 3 rings (SSSR count). The number of halogens is 1. The summed E-state index contributed by atoms with van der Waals surface area (Å²) in [7, 11) is -3.81. The molecule has 0 bridgehead atoms. The molecule has 27 heavy (non-hydrogen) atoms. The highest BCUT2D eigenvalue weighted by Gasteiger charge is 2.43. The fraction of sp³-hybridized carbons (Fsp3) is 0.316. The maximum atomic E-state index is 13.2. The number of rotatable bonds is 4. The highest BCUT2D eigenvalue weighted by atomic mass is 32.2. The van der Waals surface area contributed by atoms with Crippen LogP contribution in [0.25, 0.3) is 0 Å². The van der Waals surface area contributed by atoms with Crippen LogP contribution in [0.5, 0.6) is 0 Å². The van der Waals surface area contributed by atoms with Crippen LogP contribution in [0.15, 0.2) is 53.4 Å². The lowest BCUT2D eigenvalue weighted by molar-refractivity contribution is -0.0555. The molecule has 0 aromatic heterocycles. The maximum absolute atomic E-state index is 13.2. The normalized spacial score (nSPS) is 23.9. The van der Waals surface area contributed by atoms with Crippen molar-refractivity contribution < 1.29 is 27.8 Å². The van der Waals surface area contributed by atoms with Gasteiger partial charge in [-0.3, -0.25) is 0 Å². The van der Waals surface area contributed by atoms with Gasteiger partial charge in [-0.1, -0.05) is 19.1 Å². The average molecular weight is 393 g/mol. The number of aromatic carboxylic acids is 1. The molecule has 2 atom stereocenters. The highest BCUT2D eigenvalue weighted by Crippen LogP contribution is 2.38. The van der Waals surface area contributed by atoms with E-state index >= 15 is 0 Å². The van der Waals surface area contributed by atoms with Crippen LogP contribution in [0, 0.1) is 11.7 Å². The molecule has 0 saturated carbocycles. The number of carboxylic acid groups (broad SMARTS) is 1. The third kappa shape index (κ3) is 3.60. The molecule has 144 valence electrons. The Hall–Kier alpha value is -2.29. The van der Waals surface area contributed by atoms with E-state index in [0.29, 0.717) is 5.56 Å². The fourth-order valence-corrected chi connectivity index (χ4v) is 4.92. The zero-order valence-electron chi connectivity index (χ0n) is 14.7. The van der Waals surface area contributed by atoms with E-state index < -0.39 is 33.3 Å². The molecular weight excluding hydrogens is 373 g/mol. The van der Waals surface area contributed by atoms with E-state index in [1.807, 2.05) is 0 Å². The van der Waals surface area contributed by atoms with Crippen LogP contribution < -0.4 is 0 Å². The van der Waals surface area contributed by atoms with E-state index in [2.05, 4.69) is 0 Å². The van der Waals surface area contributed by atoms with Crippen molar-refractivity contribution in [3.8, 4) is 0 Å². The second-order valence-corrected chi connectivity index (χ2v) is 8.71. The number of benzene rings is 2. The predicted octanol–water partition coefficient (Wildman–Crippen LogP) is 2.44. The van der Waals surface area contributed by atoms with Crippen LogP contribution in [0.3, 0.4) is 0 Å². The number of sulfonamides is 1. The van der Waals surface area contributed by atoms with Gasteiger partial charge in [-0.05, 0) is 48.4 Å². The summed E-state index contributed by atoms with van der Waals surface area (Å²) in [6.45, 7) is 1.94. The van der Waals surface area contributed by atoms with Crippen LogP contribution in [-0.2, 0) is 15.6 Å². The van der Waals surface area contributed by atoms with Gasteiger partial charge in [0.25, 0.3) is 0 Å². The molecule has 1 aliphatic rings. The lowest BCUT2D eigenvalue weighted by atomic mass is 9.77. The first kappa shape index (κ1) is 19.5. The number of nitrogens with zero attached hydrogens (tertiary/aromatic N) is 1. The van der Waals surface area contributed by atoms with Crippen LogP contribution in [-0.4, -0.2) is 42.0 Å². The molecule has 0 radical (unpaired) electrons. The molecule has 1 saturated heterocycles. The van der Waals surface area contributed by atoms with Gasteiger partial charge < -0.3 is 10.2 Å².